The summed E-state index contributed by atoms with van der Waals surface area (Å²) in [6.45, 7) is 0.363. The van der Waals surface area contributed by atoms with Crippen molar-refractivity contribution in [2.45, 2.75) is 13.0 Å². The molecule has 0 aromatic carbocycles. The molecule has 0 bridgehead atoms. The zero-order chi connectivity index (χ0) is 17.7. The Hall–Kier alpha value is -2.92. The van der Waals surface area contributed by atoms with Gasteiger partial charge in [0.2, 0.25) is 0 Å². The van der Waals surface area contributed by atoms with Gasteiger partial charge in [-0.2, -0.15) is 20.5 Å². The van der Waals surface area contributed by atoms with E-state index in [1.165, 1.54) is 16.0 Å². The molecule has 0 fully saturated rings. The minimum atomic E-state index is -0.138. The number of aromatic nitrogens is 8. The van der Waals surface area contributed by atoms with Crippen LogP contribution in [0.1, 0.15) is 16.4 Å². The highest BCUT2D eigenvalue weighted by molar-refractivity contribution is 7.19. The minimum Gasteiger partial charge on any atom is -0.323 e. The van der Waals surface area contributed by atoms with Crippen LogP contribution in [0.5, 0.6) is 0 Å². The molecule has 5 heterocycles. The number of hydrogen-bond acceptors (Lipinski definition) is 8. The highest BCUT2D eigenvalue weighted by Crippen LogP contribution is 2.31. The van der Waals surface area contributed by atoms with Gasteiger partial charge in [0.15, 0.2) is 5.65 Å². The van der Waals surface area contributed by atoms with E-state index >= 15 is 0 Å². The Morgan fingerprint density at radius 3 is 2.96 bits per heavy atom. The normalized spacial score (nSPS) is 11.7. The highest BCUT2D eigenvalue weighted by atomic mass is 32.1. The minimum absolute atomic E-state index is 0.138. The van der Waals surface area contributed by atoms with Gasteiger partial charge in [-0.15, -0.1) is 22.7 Å². The number of hydrogen-bond donors (Lipinski definition) is 1. The first-order valence-corrected chi connectivity index (χ1v) is 9.52. The molecule has 0 saturated heterocycles. The summed E-state index contributed by atoms with van der Waals surface area (Å²) in [7, 11) is 1.86. The lowest BCUT2D eigenvalue weighted by atomic mass is 10.3. The third-order valence-corrected chi connectivity index (χ3v) is 5.88. The van der Waals surface area contributed by atoms with Crippen LogP contribution in [0.15, 0.2) is 28.1 Å². The van der Waals surface area contributed by atoms with Crippen molar-refractivity contribution in [3.8, 4) is 0 Å². The highest BCUT2D eigenvalue weighted by Gasteiger charge is 2.18. The van der Waals surface area contributed by atoms with E-state index in [1.807, 2.05) is 17.0 Å². The van der Waals surface area contributed by atoms with E-state index in [0.29, 0.717) is 18.5 Å². The summed E-state index contributed by atoms with van der Waals surface area (Å²) in [6, 6.07) is 0. The fourth-order valence-electron chi connectivity index (χ4n) is 2.96. The largest absolute Gasteiger partial charge is 0.323 e. The first-order valence-electron chi connectivity index (χ1n) is 7.76. The predicted octanol–water partition coefficient (Wildman–Crippen LogP) is 1.56. The molecule has 5 aromatic heterocycles. The number of nitrogens with zero attached hydrogens (tertiary/aromatic N) is 7. The standard InChI is InChI=1S/C15H12N8OS2/c1-22-12-10(4-18-23(15(12)24)5-9-6-25-7-16-9)13-14(22)19-11(26-13)2-8-3-17-21-20-8/h3-4,6-7H,2,5H2,1H3,(H,17,20,21). The van der Waals surface area contributed by atoms with Crippen LogP contribution >= 0.6 is 22.7 Å². The van der Waals surface area contributed by atoms with Crippen LogP contribution in [0.3, 0.4) is 0 Å². The van der Waals surface area contributed by atoms with Crippen molar-refractivity contribution in [3.63, 3.8) is 0 Å². The summed E-state index contributed by atoms with van der Waals surface area (Å²) in [4.78, 5) is 21.8. The Balaban J connectivity index is 1.62. The average molecular weight is 384 g/mol. The Morgan fingerprint density at radius 1 is 1.27 bits per heavy atom. The van der Waals surface area contributed by atoms with Crippen LogP contribution in [0.4, 0.5) is 0 Å². The van der Waals surface area contributed by atoms with E-state index in [1.54, 1.807) is 29.2 Å². The molecule has 0 amide bonds. The van der Waals surface area contributed by atoms with Crippen LogP contribution in [0, 0.1) is 0 Å². The maximum absolute atomic E-state index is 12.9. The molecule has 9 nitrogen and oxygen atoms in total. The average Bonchev–Trinajstić information content (AvgIpc) is 3.39. The van der Waals surface area contributed by atoms with Crippen molar-refractivity contribution < 1.29 is 0 Å². The Kier molecular flexibility index (Phi) is 3.43. The van der Waals surface area contributed by atoms with Gasteiger partial charge in [0.1, 0.15) is 10.5 Å². The van der Waals surface area contributed by atoms with Gasteiger partial charge in [0.05, 0.1) is 40.5 Å². The number of rotatable bonds is 4. The molecule has 5 rings (SSSR count). The van der Waals surface area contributed by atoms with Gasteiger partial charge >= 0.3 is 0 Å². The molecule has 0 radical (unpaired) electrons. The molecule has 130 valence electrons. The van der Waals surface area contributed by atoms with Crippen LogP contribution in [0.25, 0.3) is 21.3 Å². The second kappa shape index (κ2) is 5.81. The zero-order valence-corrected chi connectivity index (χ0v) is 15.2. The van der Waals surface area contributed by atoms with Crippen LogP contribution in [-0.4, -0.2) is 39.7 Å². The lowest BCUT2D eigenvalue weighted by Gasteiger charge is -2.03. The summed E-state index contributed by atoms with van der Waals surface area (Å²) in [6.07, 6.45) is 4.03. The summed E-state index contributed by atoms with van der Waals surface area (Å²) >= 11 is 3.05. The molecular formula is C15H12N8OS2. The zero-order valence-electron chi connectivity index (χ0n) is 13.6. The monoisotopic (exact) mass is 384 g/mol. The predicted molar refractivity (Wildman–Crippen MR) is 98.6 cm³/mol. The maximum Gasteiger partial charge on any atom is 0.291 e. The summed E-state index contributed by atoms with van der Waals surface area (Å²) < 4.78 is 4.25. The molecule has 0 saturated carbocycles. The second-order valence-corrected chi connectivity index (χ2v) is 7.61. The number of H-pyrrole nitrogens is 1. The van der Waals surface area contributed by atoms with Crippen LogP contribution in [0.2, 0.25) is 0 Å². The number of aryl methyl sites for hydroxylation is 1. The lowest BCUT2D eigenvalue weighted by Crippen LogP contribution is -2.24. The smallest absolute Gasteiger partial charge is 0.291 e. The first kappa shape index (κ1) is 15.3. The van der Waals surface area contributed by atoms with Gasteiger partial charge in [0.25, 0.3) is 5.56 Å². The first-order chi connectivity index (χ1) is 12.7. The molecule has 11 heteroatoms. The Bertz CT molecular complexity index is 1260. The van der Waals surface area contributed by atoms with Gasteiger partial charge in [-0.25, -0.2) is 14.6 Å². The van der Waals surface area contributed by atoms with Crippen molar-refractivity contribution in [2.75, 3.05) is 0 Å². The number of aromatic amines is 1. The van der Waals surface area contributed by atoms with Crippen molar-refractivity contribution in [1.82, 2.24) is 39.7 Å². The number of fused-ring (bicyclic) bond motifs is 3. The summed E-state index contributed by atoms with van der Waals surface area (Å²) in [5.74, 6) is 0. The molecule has 0 aliphatic rings. The topological polar surface area (TPSA) is 107 Å². The van der Waals surface area contributed by atoms with Crippen molar-refractivity contribution in [3.05, 3.63) is 50.0 Å². The molecule has 0 spiro atoms. The molecule has 0 aliphatic carbocycles. The fraction of sp³-hybridized carbons (Fsp3) is 0.200. The molecule has 26 heavy (non-hydrogen) atoms. The van der Waals surface area contributed by atoms with Gasteiger partial charge in [-0.1, -0.05) is 0 Å². The van der Waals surface area contributed by atoms with Crippen molar-refractivity contribution in [1.29, 1.82) is 0 Å². The third-order valence-electron chi connectivity index (χ3n) is 4.16. The molecule has 0 aliphatic heterocycles. The maximum atomic E-state index is 12.9. The van der Waals surface area contributed by atoms with Gasteiger partial charge in [-0.05, 0) is 0 Å². The van der Waals surface area contributed by atoms with Crippen molar-refractivity contribution in [2.24, 2.45) is 7.05 Å². The van der Waals surface area contributed by atoms with E-state index < -0.39 is 0 Å². The van der Waals surface area contributed by atoms with E-state index in [0.717, 1.165) is 32.1 Å². The molecule has 5 aromatic rings. The number of nitrogens with one attached hydrogen (secondary N) is 1. The number of thiazole rings is 2. The molecule has 0 atom stereocenters. The summed E-state index contributed by atoms with van der Waals surface area (Å²) in [5.41, 5.74) is 4.66. The van der Waals surface area contributed by atoms with Gasteiger partial charge in [0, 0.05) is 24.2 Å². The lowest BCUT2D eigenvalue weighted by molar-refractivity contribution is 0.635. The summed E-state index contributed by atoms with van der Waals surface area (Å²) in [5, 5.41) is 18.5. The van der Waals surface area contributed by atoms with E-state index in [9.17, 15) is 4.79 Å². The van der Waals surface area contributed by atoms with Gasteiger partial charge in [-0.3, -0.25) is 4.79 Å². The quantitative estimate of drug-likeness (QED) is 0.504. The van der Waals surface area contributed by atoms with E-state index in [2.05, 4.69) is 30.5 Å². The second-order valence-electron chi connectivity index (χ2n) is 5.81. The van der Waals surface area contributed by atoms with E-state index in [4.69, 9.17) is 0 Å². The van der Waals surface area contributed by atoms with Crippen LogP contribution in [-0.2, 0) is 20.0 Å². The van der Waals surface area contributed by atoms with Gasteiger partial charge < -0.3 is 4.57 Å². The van der Waals surface area contributed by atoms with Crippen molar-refractivity contribution >= 4 is 43.9 Å². The molecule has 0 unspecified atom stereocenters. The molecular weight excluding hydrogens is 372 g/mol. The molecule has 1 N–H and O–H groups in total. The SMILES string of the molecule is Cn1c2nc(Cc3cn[nH]n3)sc2c2cnn(Cc3cscn3)c(=O)c21. The Morgan fingerprint density at radius 2 is 2.19 bits per heavy atom. The van der Waals surface area contributed by atoms with E-state index in [-0.39, 0.29) is 5.56 Å². The third kappa shape index (κ3) is 2.35. The fourth-order valence-corrected chi connectivity index (χ4v) is 4.63. The van der Waals surface area contributed by atoms with Crippen LogP contribution < -0.4 is 5.56 Å². The Labute approximate surface area is 154 Å².